The van der Waals surface area contributed by atoms with Gasteiger partial charge in [-0.3, -0.25) is 33.6 Å². The lowest BCUT2D eigenvalue weighted by molar-refractivity contribution is -0.154. The van der Waals surface area contributed by atoms with Gasteiger partial charge in [-0.15, -0.1) is 68.0 Å². The second-order valence-electron chi connectivity index (χ2n) is 21.3. The van der Waals surface area contributed by atoms with E-state index in [9.17, 15) is 38.7 Å². The number of aliphatic hydroxyl groups is 1. The Kier molecular flexibility index (Phi) is 21.0. The number of fused-ring (bicyclic) bond motifs is 14. The molecule has 1 aromatic carbocycles. The van der Waals surface area contributed by atoms with Crippen LogP contribution < -0.4 is 31.9 Å². The van der Waals surface area contributed by atoms with Crippen LogP contribution in [0.15, 0.2) is 93.4 Å². The second-order valence-corrected chi connectivity index (χ2v) is 29.5. The molecular weight excluding hydrogens is 1310 g/mol. The van der Waals surface area contributed by atoms with E-state index in [-0.39, 0.29) is 53.1 Å². The summed E-state index contributed by atoms with van der Waals surface area (Å²) >= 11 is 7.18. The first kappa shape index (κ1) is 65.2. The van der Waals surface area contributed by atoms with Gasteiger partial charge < -0.3 is 41.7 Å². The fourth-order valence-corrected chi connectivity index (χ4v) is 16.7. The minimum Gasteiger partial charge on any atom is -0.460 e. The van der Waals surface area contributed by atoms with Crippen LogP contribution in [-0.2, 0) is 24.9 Å². The van der Waals surface area contributed by atoms with E-state index in [2.05, 4.69) is 41.9 Å². The second kappa shape index (κ2) is 29.0. The highest BCUT2D eigenvalue weighted by atomic mass is 33.1. The molecule has 466 valence electrons. The fourth-order valence-electron chi connectivity index (χ4n) is 8.86. The van der Waals surface area contributed by atoms with E-state index in [1.807, 2.05) is 32.0 Å². The third-order valence-corrected chi connectivity index (χ3v) is 21.3. The first-order valence-corrected chi connectivity index (χ1v) is 35.3. The Bertz CT molecular complexity index is 4100. The van der Waals surface area contributed by atoms with Crippen molar-refractivity contribution >= 4 is 131 Å². The molecule has 0 saturated heterocycles. The summed E-state index contributed by atoms with van der Waals surface area (Å²) in [5.74, 6) is -3.76. The van der Waals surface area contributed by atoms with Crippen LogP contribution in [0.1, 0.15) is 144 Å². The normalized spacial score (nSPS) is 16.1. The number of ether oxygens (including phenoxy) is 1. The molecule has 0 saturated carbocycles. The molecule has 6 amide bonds. The van der Waals surface area contributed by atoms with Gasteiger partial charge in [0.25, 0.3) is 23.6 Å². The molecule has 0 spiro atoms. The minimum absolute atomic E-state index is 0.0158. The Balaban J connectivity index is 1.02. The summed E-state index contributed by atoms with van der Waals surface area (Å²) in [6.07, 6.45) is 0.130. The SMILES string of the molecule is CNC(=O)CC1NC(=O)c2csc(n2)-c2ccc(-c3nc(C(=O)NCCC(=O)OC(C)(C)C)cs3)nc2-c2csc(n2)-c2csc(n2)C(C(O)c2ccccc2)NC(=O)CNC(=O)c2nc(sc2CSSc2ccccn2)C(C(C)C)NC(=O)c2nc1sc2C. The van der Waals surface area contributed by atoms with Crippen LogP contribution in [0.4, 0.5) is 0 Å². The van der Waals surface area contributed by atoms with Gasteiger partial charge in [-0.05, 0) is 74.2 Å². The molecule has 10 bridgehead atoms. The predicted molar refractivity (Wildman–Crippen MR) is 350 cm³/mol. The number of aliphatic hydroxyl groups excluding tert-OH is 1. The number of thiazole rings is 6. The molecule has 8 aromatic heterocycles. The number of benzene rings is 1. The molecule has 10 rings (SSSR count). The van der Waals surface area contributed by atoms with E-state index in [0.29, 0.717) is 74.4 Å². The van der Waals surface area contributed by atoms with Crippen molar-refractivity contribution in [3.63, 3.8) is 0 Å². The molecule has 23 nitrogen and oxygen atoms in total. The Morgan fingerprint density at radius 2 is 1.43 bits per heavy atom. The zero-order chi connectivity index (χ0) is 63.8. The van der Waals surface area contributed by atoms with Crippen LogP contribution in [0.25, 0.3) is 43.4 Å². The number of aryl methyl sites for hydroxylation is 1. The molecule has 31 heteroatoms. The molecule has 4 unspecified atom stereocenters. The van der Waals surface area contributed by atoms with Crippen molar-refractivity contribution in [3.05, 3.63) is 141 Å². The van der Waals surface area contributed by atoms with Crippen molar-refractivity contribution in [1.29, 1.82) is 0 Å². The molecule has 90 heavy (non-hydrogen) atoms. The molecule has 4 atom stereocenters. The summed E-state index contributed by atoms with van der Waals surface area (Å²) in [6, 6.07) is 15.0. The van der Waals surface area contributed by atoms with E-state index >= 15 is 0 Å². The monoisotopic (exact) mass is 1360 g/mol. The molecule has 9 heterocycles. The number of amides is 6. The van der Waals surface area contributed by atoms with Crippen LogP contribution in [0.2, 0.25) is 0 Å². The van der Waals surface area contributed by atoms with Gasteiger partial charge >= 0.3 is 5.97 Å². The zero-order valence-corrected chi connectivity index (χ0v) is 55.7. The summed E-state index contributed by atoms with van der Waals surface area (Å²) in [6.45, 7) is 10.3. The van der Waals surface area contributed by atoms with Gasteiger partial charge in [-0.1, -0.05) is 61.0 Å². The van der Waals surface area contributed by atoms with Crippen molar-refractivity contribution in [2.75, 3.05) is 20.1 Å². The Labute approximate surface area is 548 Å². The molecule has 7 N–H and O–H groups in total. The topological polar surface area (TPSA) is 324 Å². The number of nitrogens with zero attached hydrogens (tertiary/aromatic N) is 8. The number of pyridine rings is 2. The minimum atomic E-state index is -1.29. The van der Waals surface area contributed by atoms with E-state index in [1.165, 1.54) is 74.0 Å². The van der Waals surface area contributed by atoms with Gasteiger partial charge in [0.15, 0.2) is 0 Å². The van der Waals surface area contributed by atoms with Gasteiger partial charge in [0.1, 0.15) is 92.7 Å². The quantitative estimate of drug-likeness (QED) is 0.0393. The van der Waals surface area contributed by atoms with Crippen molar-refractivity contribution < 1.29 is 43.4 Å². The molecule has 1 aliphatic rings. The number of esters is 1. The number of rotatable bonds is 14. The highest BCUT2D eigenvalue weighted by Crippen LogP contribution is 2.41. The summed E-state index contributed by atoms with van der Waals surface area (Å²) in [4.78, 5) is 136. The largest absolute Gasteiger partial charge is 0.460 e. The lowest BCUT2D eigenvalue weighted by Gasteiger charge is -2.23. The fraction of sp³-hybridized carbons (Fsp3) is 0.305. The molecule has 9 aromatic rings. The van der Waals surface area contributed by atoms with Crippen LogP contribution in [0.3, 0.4) is 0 Å². The number of aromatic nitrogens is 8. The van der Waals surface area contributed by atoms with Crippen molar-refractivity contribution in [3.8, 4) is 43.4 Å². The van der Waals surface area contributed by atoms with Crippen molar-refractivity contribution in [1.82, 2.24) is 71.8 Å². The van der Waals surface area contributed by atoms with Gasteiger partial charge in [0.2, 0.25) is 11.8 Å². The number of carbonyl (C=O) groups is 7. The molecular formula is C59H58N14O9S8. The van der Waals surface area contributed by atoms with Crippen LogP contribution in [0.5, 0.6) is 0 Å². The van der Waals surface area contributed by atoms with Gasteiger partial charge in [-0.25, -0.2) is 39.9 Å². The smallest absolute Gasteiger partial charge is 0.308 e. The Morgan fingerprint density at radius 1 is 0.711 bits per heavy atom. The van der Waals surface area contributed by atoms with Crippen LogP contribution >= 0.6 is 89.6 Å². The van der Waals surface area contributed by atoms with Crippen molar-refractivity contribution in [2.45, 2.75) is 95.0 Å². The molecule has 1 aliphatic heterocycles. The van der Waals surface area contributed by atoms with E-state index < -0.39 is 77.8 Å². The zero-order valence-electron chi connectivity index (χ0n) is 49.1. The summed E-state index contributed by atoms with van der Waals surface area (Å²) in [5, 5.41) is 38.8. The standard InChI is InChI=1S/C59H58N14O9S8/c1-28(2)43-58-73-46(38(89-58)27-87-90-41-15-11-12-19-61-41)51(80)63-22-40(75)70-47(48(77)30-13-9-8-10-14-30)57-69-37(26-86-57)55-66-34(23-84-55)45-31(16-17-32(64-45)54-68-35(24-85-54)49(78)62-20-18-42(76)82-59(4,5)6)53-67-36(25-83-53)50(79)65-33(21-39(74)60-7)56-72-44(29(3)88-56)52(81)71-43/h8-17,19,23-26,28,33,43,47-48,77H,18,20-22,27H2,1-7H3,(H,60,74)(H,62,78)(H,63,80)(H,65,79)(H,70,75)(H,71,81). The summed E-state index contributed by atoms with van der Waals surface area (Å²) in [7, 11) is 4.32. The highest BCUT2D eigenvalue weighted by Gasteiger charge is 2.33. The third-order valence-electron chi connectivity index (χ3n) is 13.2. The number of hydrogen-bond donors (Lipinski definition) is 7. The molecule has 0 aliphatic carbocycles. The Morgan fingerprint density at radius 3 is 2.19 bits per heavy atom. The van der Waals surface area contributed by atoms with Gasteiger partial charge in [-0.2, -0.15) is 0 Å². The highest BCUT2D eigenvalue weighted by molar-refractivity contribution is 8.76. The average molecular weight is 1360 g/mol. The molecule has 0 radical (unpaired) electrons. The van der Waals surface area contributed by atoms with Crippen LogP contribution in [-0.4, -0.2) is 112 Å². The maximum atomic E-state index is 14.5. The molecule has 0 fully saturated rings. The lowest BCUT2D eigenvalue weighted by Crippen LogP contribution is -2.40. The van der Waals surface area contributed by atoms with Gasteiger partial charge in [0, 0.05) is 62.4 Å². The van der Waals surface area contributed by atoms with Gasteiger partial charge in [0.05, 0.1) is 37.2 Å². The first-order chi connectivity index (χ1) is 43.2. The number of hydrogen-bond acceptors (Lipinski definition) is 25. The maximum absolute atomic E-state index is 14.5. The maximum Gasteiger partial charge on any atom is 0.308 e. The Hall–Kier alpha value is -7.75. The van der Waals surface area contributed by atoms with E-state index in [1.54, 1.807) is 97.9 Å². The average Bonchev–Trinajstić information content (AvgIpc) is 1.91. The van der Waals surface area contributed by atoms with Crippen LogP contribution in [0, 0.1) is 12.8 Å². The number of nitrogens with one attached hydrogen (secondary N) is 6. The van der Waals surface area contributed by atoms with E-state index in [0.717, 1.165) is 27.7 Å². The summed E-state index contributed by atoms with van der Waals surface area (Å²) in [5.41, 5.74) is 2.07. The number of carbonyl (C=O) groups excluding carboxylic acids is 7. The summed E-state index contributed by atoms with van der Waals surface area (Å²) < 4.78 is 5.37. The lowest BCUT2D eigenvalue weighted by atomic mass is 10.0. The first-order valence-electron chi connectivity index (χ1n) is 27.8. The van der Waals surface area contributed by atoms with E-state index in [4.69, 9.17) is 34.6 Å². The third kappa shape index (κ3) is 16.0. The van der Waals surface area contributed by atoms with Crippen molar-refractivity contribution in [2.24, 2.45) is 5.92 Å². The predicted octanol–water partition coefficient (Wildman–Crippen LogP) is 9.96.